The van der Waals surface area contributed by atoms with Crippen molar-refractivity contribution in [1.82, 2.24) is 20.0 Å². The van der Waals surface area contributed by atoms with E-state index in [1.54, 1.807) is 0 Å². The summed E-state index contributed by atoms with van der Waals surface area (Å²) in [5.41, 5.74) is 2.67. The van der Waals surface area contributed by atoms with Crippen molar-refractivity contribution in [3.8, 4) is 0 Å². The minimum atomic E-state index is -0.00831. The van der Waals surface area contributed by atoms with Gasteiger partial charge in [-0.3, -0.25) is 14.4 Å². The van der Waals surface area contributed by atoms with Gasteiger partial charge in [-0.25, -0.2) is 0 Å². The molecule has 0 unspecified atom stereocenters. The molecule has 5 heteroatoms. The van der Waals surface area contributed by atoms with E-state index in [1.165, 1.54) is 12.8 Å². The minimum absolute atomic E-state index is 0.00831. The number of carbonyl (C=O) groups is 1. The largest absolute Gasteiger partial charge is 0.346 e. The average Bonchev–Trinajstić information content (AvgIpc) is 3.29. The predicted octanol–water partition coefficient (Wildman–Crippen LogP) is 2.45. The van der Waals surface area contributed by atoms with Crippen LogP contribution in [0.2, 0.25) is 0 Å². The fourth-order valence-corrected chi connectivity index (χ4v) is 3.78. The van der Waals surface area contributed by atoms with E-state index in [4.69, 9.17) is 0 Å². The molecule has 1 saturated heterocycles. The molecule has 2 heterocycles. The molecule has 2 aliphatic rings. The second-order valence-corrected chi connectivity index (χ2v) is 7.56. The lowest BCUT2D eigenvalue weighted by molar-refractivity contribution is 0.0921. The van der Waals surface area contributed by atoms with Crippen LogP contribution in [0.25, 0.3) is 0 Å². The van der Waals surface area contributed by atoms with Crippen LogP contribution < -0.4 is 5.32 Å². The third kappa shape index (κ3) is 3.61. The fourth-order valence-electron chi connectivity index (χ4n) is 3.78. The molecule has 1 saturated carbocycles. The minimum Gasteiger partial charge on any atom is -0.346 e. The van der Waals surface area contributed by atoms with Gasteiger partial charge in [0.05, 0.1) is 12.2 Å². The molecule has 4 rings (SSSR count). The highest BCUT2D eigenvalue weighted by Crippen LogP contribution is 2.31. The van der Waals surface area contributed by atoms with Gasteiger partial charge in [0, 0.05) is 25.2 Å². The van der Waals surface area contributed by atoms with Crippen molar-refractivity contribution < 1.29 is 4.79 Å². The van der Waals surface area contributed by atoms with Gasteiger partial charge in [0.25, 0.3) is 5.91 Å². The molecule has 5 nitrogen and oxygen atoms in total. The molecule has 0 radical (unpaired) electrons. The lowest BCUT2D eigenvalue weighted by Gasteiger charge is -2.17. The molecule has 1 N–H and O–H groups in total. The highest BCUT2D eigenvalue weighted by Gasteiger charge is 2.38. The summed E-state index contributed by atoms with van der Waals surface area (Å²) in [6.45, 7) is 6.86. The molecule has 2 aromatic rings. The van der Waals surface area contributed by atoms with E-state index >= 15 is 0 Å². The highest BCUT2D eigenvalue weighted by atomic mass is 16.2. The molecule has 1 amide bonds. The number of aryl methyl sites for hydroxylation is 1. The van der Waals surface area contributed by atoms with Gasteiger partial charge < -0.3 is 5.32 Å². The Morgan fingerprint density at radius 2 is 2.00 bits per heavy atom. The maximum Gasteiger partial charge on any atom is 0.269 e. The van der Waals surface area contributed by atoms with Gasteiger partial charge in [-0.1, -0.05) is 37.3 Å². The number of benzene rings is 1. The van der Waals surface area contributed by atoms with Crippen molar-refractivity contribution in [3.63, 3.8) is 0 Å². The first kappa shape index (κ1) is 16.3. The SMILES string of the molecule is Cc1cc(C(=O)N[C@H]2CN(C3CC3)C[C@H]2C)n(Cc2ccccc2)n1. The molecule has 0 spiro atoms. The van der Waals surface area contributed by atoms with Crippen LogP contribution in [-0.2, 0) is 6.54 Å². The molecule has 25 heavy (non-hydrogen) atoms. The van der Waals surface area contributed by atoms with E-state index in [0.717, 1.165) is 30.4 Å². The summed E-state index contributed by atoms with van der Waals surface area (Å²) in [7, 11) is 0. The Bertz CT molecular complexity index is 750. The van der Waals surface area contributed by atoms with Crippen molar-refractivity contribution in [2.75, 3.05) is 13.1 Å². The Balaban J connectivity index is 1.46. The number of amides is 1. The molecule has 1 aromatic heterocycles. The molecule has 2 fully saturated rings. The predicted molar refractivity (Wildman–Crippen MR) is 97.5 cm³/mol. The normalized spacial score (nSPS) is 23.8. The summed E-state index contributed by atoms with van der Waals surface area (Å²) >= 11 is 0. The van der Waals surface area contributed by atoms with Crippen LogP contribution in [0.15, 0.2) is 36.4 Å². The van der Waals surface area contributed by atoms with Crippen LogP contribution in [0.5, 0.6) is 0 Å². The van der Waals surface area contributed by atoms with E-state index in [-0.39, 0.29) is 11.9 Å². The van der Waals surface area contributed by atoms with Crippen LogP contribution in [0.3, 0.4) is 0 Å². The molecule has 1 aliphatic heterocycles. The van der Waals surface area contributed by atoms with Crippen LogP contribution in [-0.4, -0.2) is 45.8 Å². The van der Waals surface area contributed by atoms with E-state index in [9.17, 15) is 4.79 Å². The first-order valence-corrected chi connectivity index (χ1v) is 9.23. The number of nitrogens with zero attached hydrogens (tertiary/aromatic N) is 3. The molecule has 1 aromatic carbocycles. The maximum atomic E-state index is 12.9. The monoisotopic (exact) mass is 338 g/mol. The first-order valence-electron chi connectivity index (χ1n) is 9.23. The zero-order chi connectivity index (χ0) is 17.4. The Kier molecular flexibility index (Phi) is 4.34. The lowest BCUT2D eigenvalue weighted by atomic mass is 10.1. The van der Waals surface area contributed by atoms with Crippen molar-refractivity contribution in [1.29, 1.82) is 0 Å². The van der Waals surface area contributed by atoms with E-state index < -0.39 is 0 Å². The van der Waals surface area contributed by atoms with E-state index in [1.807, 2.05) is 35.9 Å². The maximum absolute atomic E-state index is 12.9. The zero-order valence-corrected chi connectivity index (χ0v) is 15.0. The number of rotatable bonds is 5. The molecule has 132 valence electrons. The summed E-state index contributed by atoms with van der Waals surface area (Å²) in [6.07, 6.45) is 2.63. The number of hydrogen-bond acceptors (Lipinski definition) is 3. The fraction of sp³-hybridized carbons (Fsp3) is 0.500. The Hall–Kier alpha value is -2.14. The third-order valence-corrected chi connectivity index (χ3v) is 5.33. The Morgan fingerprint density at radius 1 is 1.24 bits per heavy atom. The summed E-state index contributed by atoms with van der Waals surface area (Å²) in [5.74, 6) is 0.488. The van der Waals surface area contributed by atoms with Gasteiger partial charge in [-0.15, -0.1) is 0 Å². The van der Waals surface area contributed by atoms with Crippen molar-refractivity contribution in [2.24, 2.45) is 5.92 Å². The van der Waals surface area contributed by atoms with Gasteiger partial charge in [0.2, 0.25) is 0 Å². The lowest BCUT2D eigenvalue weighted by Crippen LogP contribution is -2.40. The molecular formula is C20H26N4O. The second-order valence-electron chi connectivity index (χ2n) is 7.56. The summed E-state index contributed by atoms with van der Waals surface area (Å²) in [5, 5.41) is 7.77. The van der Waals surface area contributed by atoms with Crippen LogP contribution in [0, 0.1) is 12.8 Å². The van der Waals surface area contributed by atoms with Gasteiger partial charge in [-0.05, 0) is 37.3 Å². The van der Waals surface area contributed by atoms with Crippen LogP contribution >= 0.6 is 0 Å². The highest BCUT2D eigenvalue weighted by molar-refractivity contribution is 5.93. The molecule has 2 atom stereocenters. The summed E-state index contributed by atoms with van der Waals surface area (Å²) in [6, 6.07) is 13.0. The number of likely N-dealkylation sites (tertiary alicyclic amines) is 1. The van der Waals surface area contributed by atoms with Gasteiger partial charge in [0.1, 0.15) is 5.69 Å². The molecule has 1 aliphatic carbocycles. The number of hydrogen-bond donors (Lipinski definition) is 1. The topological polar surface area (TPSA) is 50.2 Å². The van der Waals surface area contributed by atoms with Crippen LogP contribution in [0.1, 0.15) is 41.5 Å². The van der Waals surface area contributed by atoms with E-state index in [0.29, 0.717) is 18.2 Å². The molecular weight excluding hydrogens is 312 g/mol. The molecule has 0 bridgehead atoms. The number of nitrogens with one attached hydrogen (secondary N) is 1. The van der Waals surface area contributed by atoms with E-state index in [2.05, 4.69) is 34.4 Å². The van der Waals surface area contributed by atoms with Gasteiger partial charge in [0.15, 0.2) is 0 Å². The Morgan fingerprint density at radius 3 is 2.72 bits per heavy atom. The third-order valence-electron chi connectivity index (χ3n) is 5.33. The Labute approximate surface area is 149 Å². The summed E-state index contributed by atoms with van der Waals surface area (Å²) < 4.78 is 1.82. The van der Waals surface area contributed by atoms with Crippen LogP contribution in [0.4, 0.5) is 0 Å². The van der Waals surface area contributed by atoms with Gasteiger partial charge in [-0.2, -0.15) is 5.10 Å². The zero-order valence-electron chi connectivity index (χ0n) is 15.0. The van der Waals surface area contributed by atoms with Crippen molar-refractivity contribution >= 4 is 5.91 Å². The second kappa shape index (κ2) is 6.64. The van der Waals surface area contributed by atoms with Gasteiger partial charge >= 0.3 is 0 Å². The summed E-state index contributed by atoms with van der Waals surface area (Å²) in [4.78, 5) is 15.4. The first-order chi connectivity index (χ1) is 12.1. The quantitative estimate of drug-likeness (QED) is 0.911. The number of aromatic nitrogens is 2. The number of carbonyl (C=O) groups excluding carboxylic acids is 1. The smallest absolute Gasteiger partial charge is 0.269 e. The average molecular weight is 338 g/mol. The van der Waals surface area contributed by atoms with Crippen molar-refractivity contribution in [2.45, 2.75) is 45.3 Å². The van der Waals surface area contributed by atoms with Crippen molar-refractivity contribution in [3.05, 3.63) is 53.3 Å². The standard InChI is InChI=1S/C20H26N4O/c1-14-11-23(17-8-9-17)13-18(14)21-20(25)19-10-15(2)22-24(19)12-16-6-4-3-5-7-16/h3-7,10,14,17-18H,8-9,11-13H2,1-2H3,(H,21,25)/t14-,18+/m1/s1.